The number of nitrogens with zero attached hydrogens (tertiary/aromatic N) is 2. The molecule has 1 saturated carbocycles. The summed E-state index contributed by atoms with van der Waals surface area (Å²) in [6.07, 6.45) is 10.2. The van der Waals surface area contributed by atoms with E-state index >= 15 is 0 Å². The maximum absolute atomic E-state index is 12.8. The number of carbonyl (C=O) groups excluding carboxylic acids is 2. The highest BCUT2D eigenvalue weighted by atomic mass is 16.2. The lowest BCUT2D eigenvalue weighted by Gasteiger charge is -2.38. The summed E-state index contributed by atoms with van der Waals surface area (Å²) in [5.41, 5.74) is 0. The van der Waals surface area contributed by atoms with Crippen molar-refractivity contribution in [1.29, 1.82) is 0 Å². The smallest absolute Gasteiger partial charge is 0.225 e. The topological polar surface area (TPSA) is 40.6 Å². The molecule has 26 heavy (non-hydrogen) atoms. The third-order valence-electron chi connectivity index (χ3n) is 7.40. The molecule has 0 aromatic rings. The van der Waals surface area contributed by atoms with E-state index in [2.05, 4.69) is 16.7 Å². The van der Waals surface area contributed by atoms with Gasteiger partial charge in [0.15, 0.2) is 0 Å². The second-order valence-corrected chi connectivity index (χ2v) is 9.04. The highest BCUT2D eigenvalue weighted by Gasteiger charge is 2.33. The van der Waals surface area contributed by atoms with Crippen LogP contribution in [0.25, 0.3) is 0 Å². The molecular weight excluding hydrogens is 324 g/mol. The van der Waals surface area contributed by atoms with Crippen LogP contribution in [0.4, 0.5) is 0 Å². The lowest BCUT2D eigenvalue weighted by atomic mass is 9.79. The number of ketones is 1. The Morgan fingerprint density at radius 2 is 1.27 bits per heavy atom. The van der Waals surface area contributed by atoms with E-state index in [-0.39, 0.29) is 11.8 Å². The van der Waals surface area contributed by atoms with E-state index in [1.165, 1.54) is 51.7 Å². The first-order valence-electron chi connectivity index (χ1n) is 11.1. The fraction of sp³-hybridized carbons (Fsp3) is 0.909. The van der Waals surface area contributed by atoms with Gasteiger partial charge in [-0.3, -0.25) is 9.59 Å². The Hall–Kier alpha value is -0.900. The number of hydrogen-bond donors (Lipinski definition) is 0. The summed E-state index contributed by atoms with van der Waals surface area (Å²) in [4.78, 5) is 29.0. The van der Waals surface area contributed by atoms with Crippen LogP contribution in [-0.4, -0.2) is 54.2 Å². The average Bonchev–Trinajstić information content (AvgIpc) is 2.69. The summed E-state index contributed by atoms with van der Waals surface area (Å²) in [7, 11) is 0. The van der Waals surface area contributed by atoms with Gasteiger partial charge in [-0.25, -0.2) is 0 Å². The van der Waals surface area contributed by atoms with Crippen LogP contribution >= 0.6 is 0 Å². The van der Waals surface area contributed by atoms with Gasteiger partial charge in [0.1, 0.15) is 5.78 Å². The number of hydrogen-bond acceptors (Lipinski definition) is 3. The molecule has 0 aromatic heterocycles. The van der Waals surface area contributed by atoms with Crippen LogP contribution in [0, 0.1) is 23.7 Å². The molecule has 0 spiro atoms. The molecule has 148 valence electrons. The van der Waals surface area contributed by atoms with Crippen molar-refractivity contribution in [2.75, 3.05) is 32.7 Å². The number of likely N-dealkylation sites (tertiary alicyclic amines) is 2. The zero-order chi connectivity index (χ0) is 18.5. The van der Waals surface area contributed by atoms with Crippen LogP contribution in [0.2, 0.25) is 0 Å². The molecule has 2 saturated heterocycles. The van der Waals surface area contributed by atoms with Crippen molar-refractivity contribution in [3.05, 3.63) is 0 Å². The van der Waals surface area contributed by atoms with E-state index in [9.17, 15) is 9.59 Å². The molecule has 0 aromatic carbocycles. The van der Waals surface area contributed by atoms with Gasteiger partial charge >= 0.3 is 0 Å². The predicted octanol–water partition coefficient (Wildman–Crippen LogP) is 3.74. The van der Waals surface area contributed by atoms with E-state index in [1.807, 2.05) is 0 Å². The fourth-order valence-corrected chi connectivity index (χ4v) is 5.40. The average molecular weight is 363 g/mol. The summed E-state index contributed by atoms with van der Waals surface area (Å²) < 4.78 is 0. The maximum Gasteiger partial charge on any atom is 0.225 e. The molecule has 4 heteroatoms. The zero-order valence-corrected chi connectivity index (χ0v) is 16.9. The third-order valence-corrected chi connectivity index (χ3v) is 7.40. The van der Waals surface area contributed by atoms with Gasteiger partial charge in [0.25, 0.3) is 0 Å². The molecule has 3 fully saturated rings. The Morgan fingerprint density at radius 3 is 1.77 bits per heavy atom. The molecule has 3 rings (SSSR count). The van der Waals surface area contributed by atoms with Crippen molar-refractivity contribution in [3.8, 4) is 0 Å². The maximum atomic E-state index is 12.8. The van der Waals surface area contributed by atoms with Gasteiger partial charge < -0.3 is 9.80 Å². The van der Waals surface area contributed by atoms with Crippen molar-refractivity contribution < 1.29 is 9.59 Å². The largest absolute Gasteiger partial charge is 0.342 e. The molecule has 1 aliphatic carbocycles. The van der Waals surface area contributed by atoms with Gasteiger partial charge in [-0.05, 0) is 96.2 Å². The van der Waals surface area contributed by atoms with Crippen molar-refractivity contribution in [3.63, 3.8) is 0 Å². The van der Waals surface area contributed by atoms with Crippen LogP contribution in [0.1, 0.15) is 71.6 Å². The number of rotatable bonds is 5. The zero-order valence-electron chi connectivity index (χ0n) is 16.9. The van der Waals surface area contributed by atoms with E-state index in [1.54, 1.807) is 6.92 Å². The molecule has 0 atom stereocenters. The Kier molecular flexibility index (Phi) is 7.13. The van der Waals surface area contributed by atoms with Crippen LogP contribution in [0.5, 0.6) is 0 Å². The normalized spacial score (nSPS) is 29.7. The van der Waals surface area contributed by atoms with Gasteiger partial charge in [0, 0.05) is 24.9 Å². The molecule has 0 radical (unpaired) electrons. The van der Waals surface area contributed by atoms with E-state index in [0.717, 1.165) is 50.6 Å². The standard InChI is InChI=1S/C22H38N2O2/c1-3-23-12-8-18(9-13-23)16-19-10-14-24(15-11-19)22(26)21-6-4-20(5-7-21)17(2)25/h18-21H,3-16H2,1-2H3. The molecule has 3 aliphatic rings. The minimum absolute atomic E-state index is 0.181. The Balaban J connectivity index is 1.37. The number of Topliss-reactive ketones (excluding diaryl/α,β-unsaturated/α-hetero) is 1. The van der Waals surface area contributed by atoms with E-state index in [0.29, 0.717) is 11.7 Å². The first-order chi connectivity index (χ1) is 12.6. The first kappa shape index (κ1) is 19.9. The van der Waals surface area contributed by atoms with Crippen molar-refractivity contribution in [2.45, 2.75) is 71.6 Å². The van der Waals surface area contributed by atoms with Gasteiger partial charge in [0.05, 0.1) is 0 Å². The van der Waals surface area contributed by atoms with Crippen LogP contribution < -0.4 is 0 Å². The monoisotopic (exact) mass is 362 g/mol. The second-order valence-electron chi connectivity index (χ2n) is 9.04. The minimum Gasteiger partial charge on any atom is -0.342 e. The van der Waals surface area contributed by atoms with Gasteiger partial charge in [-0.15, -0.1) is 0 Å². The number of piperidine rings is 2. The molecule has 1 amide bonds. The van der Waals surface area contributed by atoms with Gasteiger partial charge in [0.2, 0.25) is 5.91 Å². The summed E-state index contributed by atoms with van der Waals surface area (Å²) in [6, 6.07) is 0. The van der Waals surface area contributed by atoms with Crippen LogP contribution in [0.15, 0.2) is 0 Å². The Bertz CT molecular complexity index is 469. The summed E-state index contributed by atoms with van der Waals surface area (Å²) in [5.74, 6) is 2.81. The van der Waals surface area contributed by atoms with Crippen LogP contribution in [-0.2, 0) is 9.59 Å². The Morgan fingerprint density at radius 1 is 0.769 bits per heavy atom. The van der Waals surface area contributed by atoms with Gasteiger partial charge in [-0.2, -0.15) is 0 Å². The SMILES string of the molecule is CCN1CCC(CC2CCN(C(=O)C3CCC(C(C)=O)CC3)CC2)CC1. The number of amides is 1. The van der Waals surface area contributed by atoms with Crippen molar-refractivity contribution in [1.82, 2.24) is 9.80 Å². The van der Waals surface area contributed by atoms with Crippen LogP contribution in [0.3, 0.4) is 0 Å². The predicted molar refractivity (Wildman–Crippen MR) is 105 cm³/mol. The van der Waals surface area contributed by atoms with Crippen molar-refractivity contribution in [2.24, 2.45) is 23.7 Å². The fourth-order valence-electron chi connectivity index (χ4n) is 5.40. The van der Waals surface area contributed by atoms with E-state index < -0.39 is 0 Å². The molecule has 0 N–H and O–H groups in total. The molecule has 4 nitrogen and oxygen atoms in total. The lowest BCUT2D eigenvalue weighted by molar-refractivity contribution is -0.139. The number of carbonyl (C=O) groups is 2. The molecule has 0 bridgehead atoms. The molecular formula is C22H38N2O2. The third kappa shape index (κ3) is 5.09. The molecule has 2 heterocycles. The van der Waals surface area contributed by atoms with Crippen molar-refractivity contribution >= 4 is 11.7 Å². The molecule has 2 aliphatic heterocycles. The lowest BCUT2D eigenvalue weighted by Crippen LogP contribution is -2.43. The van der Waals surface area contributed by atoms with Gasteiger partial charge in [-0.1, -0.05) is 6.92 Å². The second kappa shape index (κ2) is 9.34. The summed E-state index contributed by atoms with van der Waals surface area (Å²) in [5, 5.41) is 0. The quantitative estimate of drug-likeness (QED) is 0.748. The summed E-state index contributed by atoms with van der Waals surface area (Å²) >= 11 is 0. The van der Waals surface area contributed by atoms with E-state index in [4.69, 9.17) is 0 Å². The Labute approximate surface area is 159 Å². The molecule has 0 unspecified atom stereocenters. The summed E-state index contributed by atoms with van der Waals surface area (Å²) in [6.45, 7) is 9.64. The highest BCUT2D eigenvalue weighted by molar-refractivity contribution is 5.81. The minimum atomic E-state index is 0.181. The highest BCUT2D eigenvalue weighted by Crippen LogP contribution is 2.33. The first-order valence-corrected chi connectivity index (χ1v) is 11.1.